The summed E-state index contributed by atoms with van der Waals surface area (Å²) in [5, 5.41) is 0.534. The fourth-order valence-corrected chi connectivity index (χ4v) is 2.58. The molecular formula is C13H15Cl2NO2. The highest BCUT2D eigenvalue weighted by Crippen LogP contribution is 2.26. The van der Waals surface area contributed by atoms with Gasteiger partial charge in [-0.1, -0.05) is 11.6 Å². The molecule has 1 aliphatic rings. The van der Waals surface area contributed by atoms with E-state index in [1.807, 2.05) is 0 Å². The van der Waals surface area contributed by atoms with Gasteiger partial charge in [-0.05, 0) is 30.5 Å². The summed E-state index contributed by atoms with van der Waals surface area (Å²) >= 11 is 11.8. The molecule has 98 valence electrons. The summed E-state index contributed by atoms with van der Waals surface area (Å²) in [4.78, 5) is 14.2. The minimum absolute atomic E-state index is 0.0398. The molecular weight excluding hydrogens is 273 g/mol. The molecule has 3 nitrogen and oxygen atoms in total. The highest BCUT2D eigenvalue weighted by atomic mass is 35.5. The summed E-state index contributed by atoms with van der Waals surface area (Å²) in [5.74, 6) is 1.50. The van der Waals surface area contributed by atoms with Crippen LogP contribution in [-0.4, -0.2) is 36.9 Å². The Labute approximate surface area is 117 Å². The van der Waals surface area contributed by atoms with Gasteiger partial charge in [-0.25, -0.2) is 0 Å². The maximum atomic E-state index is 12.4. The lowest BCUT2D eigenvalue weighted by Crippen LogP contribution is -2.29. The highest BCUT2D eigenvalue weighted by Gasteiger charge is 2.27. The van der Waals surface area contributed by atoms with Gasteiger partial charge < -0.3 is 9.64 Å². The summed E-state index contributed by atoms with van der Waals surface area (Å²) in [6, 6.07) is 5.07. The second kappa shape index (κ2) is 5.81. The Balaban J connectivity index is 2.21. The number of carbonyl (C=O) groups is 1. The van der Waals surface area contributed by atoms with Crippen LogP contribution < -0.4 is 4.74 Å². The first-order valence-electron chi connectivity index (χ1n) is 5.84. The van der Waals surface area contributed by atoms with Crippen LogP contribution in [0.4, 0.5) is 0 Å². The predicted molar refractivity (Wildman–Crippen MR) is 72.7 cm³/mol. The van der Waals surface area contributed by atoms with Crippen molar-refractivity contribution in [2.75, 3.05) is 26.1 Å². The van der Waals surface area contributed by atoms with Crippen LogP contribution in [0, 0.1) is 5.92 Å². The quantitative estimate of drug-likeness (QED) is 0.800. The molecule has 0 aromatic heterocycles. The average molecular weight is 288 g/mol. The van der Waals surface area contributed by atoms with Crippen molar-refractivity contribution in [2.24, 2.45) is 5.92 Å². The second-order valence-corrected chi connectivity index (χ2v) is 5.15. The van der Waals surface area contributed by atoms with E-state index in [4.69, 9.17) is 27.9 Å². The van der Waals surface area contributed by atoms with Crippen molar-refractivity contribution in [2.45, 2.75) is 6.42 Å². The third-order valence-electron chi connectivity index (χ3n) is 3.18. The zero-order valence-corrected chi connectivity index (χ0v) is 11.7. The number of carbonyl (C=O) groups excluding carboxylic acids is 1. The number of amides is 1. The third kappa shape index (κ3) is 2.73. The van der Waals surface area contributed by atoms with Crippen LogP contribution in [0.25, 0.3) is 0 Å². The number of methoxy groups -OCH3 is 1. The number of hydrogen-bond donors (Lipinski definition) is 0. The molecule has 1 atom stereocenters. The Kier molecular flexibility index (Phi) is 4.36. The van der Waals surface area contributed by atoms with Gasteiger partial charge in [0, 0.05) is 24.0 Å². The Morgan fingerprint density at radius 1 is 1.56 bits per heavy atom. The Bertz CT molecular complexity index is 451. The SMILES string of the molecule is COc1ccc(Cl)cc1C(=O)N1CCC(CCl)C1. The van der Waals surface area contributed by atoms with E-state index in [1.54, 1.807) is 30.2 Å². The molecule has 1 unspecified atom stereocenters. The summed E-state index contributed by atoms with van der Waals surface area (Å²) in [6.45, 7) is 1.45. The molecule has 1 heterocycles. The molecule has 2 rings (SSSR count). The van der Waals surface area contributed by atoms with E-state index in [-0.39, 0.29) is 5.91 Å². The molecule has 1 aromatic rings. The Hall–Kier alpha value is -0.930. The van der Waals surface area contributed by atoms with E-state index in [0.717, 1.165) is 13.0 Å². The lowest BCUT2D eigenvalue weighted by Gasteiger charge is -2.18. The zero-order chi connectivity index (χ0) is 13.1. The van der Waals surface area contributed by atoms with E-state index in [1.165, 1.54) is 0 Å². The van der Waals surface area contributed by atoms with Gasteiger partial charge in [-0.2, -0.15) is 0 Å². The number of alkyl halides is 1. The summed E-state index contributed by atoms with van der Waals surface area (Å²) in [7, 11) is 1.55. The smallest absolute Gasteiger partial charge is 0.257 e. The highest BCUT2D eigenvalue weighted by molar-refractivity contribution is 6.31. The molecule has 5 heteroatoms. The summed E-state index contributed by atoms with van der Waals surface area (Å²) in [6.07, 6.45) is 0.956. The third-order valence-corrected chi connectivity index (χ3v) is 3.85. The Morgan fingerprint density at radius 3 is 2.94 bits per heavy atom. The predicted octanol–water partition coefficient (Wildman–Crippen LogP) is 3.05. The van der Waals surface area contributed by atoms with E-state index in [2.05, 4.69) is 0 Å². The van der Waals surface area contributed by atoms with Gasteiger partial charge in [0.25, 0.3) is 5.91 Å². The molecule has 0 N–H and O–H groups in total. The number of likely N-dealkylation sites (tertiary alicyclic amines) is 1. The monoisotopic (exact) mass is 287 g/mol. The van der Waals surface area contributed by atoms with Crippen molar-refractivity contribution in [3.05, 3.63) is 28.8 Å². The molecule has 0 radical (unpaired) electrons. The lowest BCUT2D eigenvalue weighted by molar-refractivity contribution is 0.0785. The first-order valence-corrected chi connectivity index (χ1v) is 6.75. The van der Waals surface area contributed by atoms with Gasteiger partial charge in [-0.3, -0.25) is 4.79 Å². The first-order chi connectivity index (χ1) is 8.65. The topological polar surface area (TPSA) is 29.5 Å². The van der Waals surface area contributed by atoms with Gasteiger partial charge in [0.15, 0.2) is 0 Å². The van der Waals surface area contributed by atoms with Crippen molar-refractivity contribution in [3.8, 4) is 5.75 Å². The maximum absolute atomic E-state index is 12.4. The van der Waals surface area contributed by atoms with Crippen LogP contribution in [0.3, 0.4) is 0 Å². The second-order valence-electron chi connectivity index (χ2n) is 4.40. The van der Waals surface area contributed by atoms with Gasteiger partial charge in [-0.15, -0.1) is 11.6 Å². The number of ether oxygens (including phenoxy) is 1. The fraction of sp³-hybridized carbons (Fsp3) is 0.462. The number of benzene rings is 1. The number of hydrogen-bond acceptors (Lipinski definition) is 2. The summed E-state index contributed by atoms with van der Waals surface area (Å²) < 4.78 is 5.20. The molecule has 1 amide bonds. The summed E-state index contributed by atoms with van der Waals surface area (Å²) in [5.41, 5.74) is 0.514. The van der Waals surface area contributed by atoms with E-state index >= 15 is 0 Å². The van der Waals surface area contributed by atoms with Gasteiger partial charge >= 0.3 is 0 Å². The van der Waals surface area contributed by atoms with Crippen LogP contribution in [0.2, 0.25) is 5.02 Å². The number of rotatable bonds is 3. The fourth-order valence-electron chi connectivity index (χ4n) is 2.16. The van der Waals surface area contributed by atoms with E-state index < -0.39 is 0 Å². The van der Waals surface area contributed by atoms with Crippen molar-refractivity contribution in [3.63, 3.8) is 0 Å². The van der Waals surface area contributed by atoms with E-state index in [9.17, 15) is 4.79 Å². The average Bonchev–Trinajstić information content (AvgIpc) is 2.86. The molecule has 1 saturated heterocycles. The normalized spacial score (nSPS) is 19.1. The zero-order valence-electron chi connectivity index (χ0n) is 10.2. The lowest BCUT2D eigenvalue weighted by atomic mass is 10.1. The van der Waals surface area contributed by atoms with Crippen LogP contribution in [-0.2, 0) is 0 Å². The van der Waals surface area contributed by atoms with Crippen LogP contribution in [0.5, 0.6) is 5.75 Å². The molecule has 1 fully saturated rings. The van der Waals surface area contributed by atoms with Crippen LogP contribution >= 0.6 is 23.2 Å². The van der Waals surface area contributed by atoms with Crippen LogP contribution in [0.1, 0.15) is 16.8 Å². The molecule has 18 heavy (non-hydrogen) atoms. The van der Waals surface area contributed by atoms with Gasteiger partial charge in [0.1, 0.15) is 5.75 Å². The minimum Gasteiger partial charge on any atom is -0.496 e. The van der Waals surface area contributed by atoms with Crippen molar-refractivity contribution < 1.29 is 9.53 Å². The van der Waals surface area contributed by atoms with Crippen molar-refractivity contribution in [1.29, 1.82) is 0 Å². The number of halogens is 2. The van der Waals surface area contributed by atoms with Crippen LogP contribution in [0.15, 0.2) is 18.2 Å². The first kappa shape index (κ1) is 13.5. The molecule has 0 saturated carbocycles. The van der Waals surface area contributed by atoms with E-state index in [0.29, 0.717) is 34.7 Å². The molecule has 1 aromatic carbocycles. The molecule has 1 aliphatic heterocycles. The van der Waals surface area contributed by atoms with Crippen molar-refractivity contribution >= 4 is 29.1 Å². The standard InChI is InChI=1S/C13H15Cl2NO2/c1-18-12-3-2-10(15)6-11(12)13(17)16-5-4-9(7-14)8-16/h2-3,6,9H,4-5,7-8H2,1H3. The number of nitrogens with zero attached hydrogens (tertiary/aromatic N) is 1. The Morgan fingerprint density at radius 2 is 2.33 bits per heavy atom. The molecule has 0 spiro atoms. The minimum atomic E-state index is -0.0398. The molecule has 0 bridgehead atoms. The molecule has 0 aliphatic carbocycles. The van der Waals surface area contributed by atoms with Crippen molar-refractivity contribution in [1.82, 2.24) is 4.90 Å². The largest absolute Gasteiger partial charge is 0.496 e. The van der Waals surface area contributed by atoms with Gasteiger partial charge in [0.05, 0.1) is 12.7 Å². The maximum Gasteiger partial charge on any atom is 0.257 e. The van der Waals surface area contributed by atoms with Gasteiger partial charge in [0.2, 0.25) is 0 Å².